The Labute approximate surface area is 106 Å². The van der Waals surface area contributed by atoms with Crippen LogP contribution in [0.5, 0.6) is 0 Å². The van der Waals surface area contributed by atoms with Gasteiger partial charge in [0.05, 0.1) is 0 Å². The molecule has 0 spiro atoms. The van der Waals surface area contributed by atoms with Crippen LogP contribution >= 0.6 is 0 Å². The number of nitrogens with one attached hydrogen (secondary N) is 1. The molecule has 1 N–H and O–H groups in total. The molecule has 2 rings (SSSR count). The van der Waals surface area contributed by atoms with Gasteiger partial charge in [0, 0.05) is 31.8 Å². The maximum Gasteiger partial charge on any atom is 0.246 e. The van der Waals surface area contributed by atoms with E-state index < -0.39 is 0 Å². The largest absolute Gasteiger partial charge is 0.336 e. The Morgan fingerprint density at radius 2 is 2.39 bits per heavy atom. The van der Waals surface area contributed by atoms with Crippen molar-refractivity contribution in [3.63, 3.8) is 0 Å². The van der Waals surface area contributed by atoms with Gasteiger partial charge in [-0.15, -0.1) is 0 Å². The zero-order chi connectivity index (χ0) is 13.0. The molecule has 96 valence electrons. The van der Waals surface area contributed by atoms with Gasteiger partial charge >= 0.3 is 0 Å². The summed E-state index contributed by atoms with van der Waals surface area (Å²) in [6, 6.07) is 6.52. The van der Waals surface area contributed by atoms with Crippen LogP contribution in [0.1, 0.15) is 12.5 Å². The minimum absolute atomic E-state index is 0.0207. The molecule has 1 fully saturated rings. The van der Waals surface area contributed by atoms with E-state index in [-0.39, 0.29) is 11.7 Å². The van der Waals surface area contributed by atoms with Gasteiger partial charge in [-0.25, -0.2) is 4.39 Å². The molecule has 0 bridgehead atoms. The van der Waals surface area contributed by atoms with Crippen LogP contribution in [0.3, 0.4) is 0 Å². The molecule has 1 aromatic carbocycles. The first kappa shape index (κ1) is 12.8. The van der Waals surface area contributed by atoms with Crippen LogP contribution in [-0.4, -0.2) is 36.5 Å². The molecule has 1 heterocycles. The Bertz CT molecular complexity index is 459. The number of rotatable bonds is 2. The summed E-state index contributed by atoms with van der Waals surface area (Å²) in [4.78, 5) is 13.7. The number of benzene rings is 1. The van der Waals surface area contributed by atoms with Gasteiger partial charge in [0.25, 0.3) is 0 Å². The Balaban J connectivity index is 1.98. The lowest BCUT2D eigenvalue weighted by Crippen LogP contribution is -2.50. The van der Waals surface area contributed by atoms with E-state index >= 15 is 0 Å². The molecule has 1 saturated heterocycles. The van der Waals surface area contributed by atoms with Gasteiger partial charge in [-0.1, -0.05) is 12.1 Å². The molecule has 4 heteroatoms. The van der Waals surface area contributed by atoms with Gasteiger partial charge in [-0.3, -0.25) is 4.79 Å². The average Bonchev–Trinajstić information content (AvgIpc) is 2.36. The maximum absolute atomic E-state index is 13.0. The van der Waals surface area contributed by atoms with Crippen molar-refractivity contribution in [1.29, 1.82) is 0 Å². The van der Waals surface area contributed by atoms with E-state index in [2.05, 4.69) is 12.2 Å². The van der Waals surface area contributed by atoms with Crippen LogP contribution in [0.15, 0.2) is 30.3 Å². The number of carbonyl (C=O) groups excluding carboxylic acids is 1. The third-order valence-corrected chi connectivity index (χ3v) is 2.95. The second kappa shape index (κ2) is 5.78. The maximum atomic E-state index is 13.0. The van der Waals surface area contributed by atoms with Gasteiger partial charge in [-0.2, -0.15) is 0 Å². The molecule has 3 nitrogen and oxygen atoms in total. The third kappa shape index (κ3) is 3.40. The van der Waals surface area contributed by atoms with E-state index in [0.717, 1.165) is 13.1 Å². The summed E-state index contributed by atoms with van der Waals surface area (Å²) in [5.74, 6) is -0.312. The fourth-order valence-electron chi connectivity index (χ4n) is 2.02. The van der Waals surface area contributed by atoms with Crippen LogP contribution in [0, 0.1) is 5.82 Å². The van der Waals surface area contributed by atoms with E-state index in [9.17, 15) is 9.18 Å². The number of hydrogen-bond acceptors (Lipinski definition) is 2. The monoisotopic (exact) mass is 248 g/mol. The normalized spacial score (nSPS) is 20.3. The van der Waals surface area contributed by atoms with Crippen molar-refractivity contribution >= 4 is 12.0 Å². The molecule has 1 atom stereocenters. The lowest BCUT2D eigenvalue weighted by atomic mass is 10.2. The third-order valence-electron chi connectivity index (χ3n) is 2.95. The highest BCUT2D eigenvalue weighted by molar-refractivity contribution is 5.91. The van der Waals surface area contributed by atoms with Crippen molar-refractivity contribution in [1.82, 2.24) is 10.2 Å². The Morgan fingerprint density at radius 1 is 1.56 bits per heavy atom. The fraction of sp³-hybridized carbons (Fsp3) is 0.357. The van der Waals surface area contributed by atoms with Crippen LogP contribution in [0.2, 0.25) is 0 Å². The van der Waals surface area contributed by atoms with Crippen molar-refractivity contribution in [3.05, 3.63) is 41.7 Å². The van der Waals surface area contributed by atoms with Crippen LogP contribution in [-0.2, 0) is 4.79 Å². The van der Waals surface area contributed by atoms with Crippen molar-refractivity contribution in [2.24, 2.45) is 0 Å². The molecule has 1 aliphatic heterocycles. The number of nitrogens with zero attached hydrogens (tertiary/aromatic N) is 1. The molecule has 0 radical (unpaired) electrons. The molecule has 0 saturated carbocycles. The molecule has 1 aromatic rings. The van der Waals surface area contributed by atoms with Gasteiger partial charge in [-0.05, 0) is 30.7 Å². The van der Waals surface area contributed by atoms with Crippen molar-refractivity contribution < 1.29 is 9.18 Å². The Hall–Kier alpha value is -1.68. The van der Waals surface area contributed by atoms with E-state index in [1.165, 1.54) is 18.2 Å². The first-order valence-electron chi connectivity index (χ1n) is 6.11. The summed E-state index contributed by atoms with van der Waals surface area (Å²) in [6.45, 7) is 4.30. The Morgan fingerprint density at radius 3 is 3.11 bits per heavy atom. The first-order chi connectivity index (χ1) is 8.65. The number of piperazine rings is 1. The van der Waals surface area contributed by atoms with Crippen molar-refractivity contribution in [3.8, 4) is 0 Å². The summed E-state index contributed by atoms with van der Waals surface area (Å²) in [7, 11) is 0. The predicted molar refractivity (Wildman–Crippen MR) is 69.5 cm³/mol. The van der Waals surface area contributed by atoms with Gasteiger partial charge in [0.2, 0.25) is 5.91 Å². The van der Waals surface area contributed by atoms with Crippen molar-refractivity contribution in [2.45, 2.75) is 13.0 Å². The van der Waals surface area contributed by atoms with Gasteiger partial charge in [0.1, 0.15) is 5.82 Å². The van der Waals surface area contributed by atoms with Gasteiger partial charge < -0.3 is 10.2 Å². The lowest BCUT2D eigenvalue weighted by molar-refractivity contribution is -0.127. The molecule has 0 aliphatic carbocycles. The highest BCUT2D eigenvalue weighted by Gasteiger charge is 2.18. The summed E-state index contributed by atoms with van der Waals surface area (Å²) in [5, 5.41) is 3.28. The van der Waals surface area contributed by atoms with Crippen molar-refractivity contribution in [2.75, 3.05) is 19.6 Å². The smallest absolute Gasteiger partial charge is 0.246 e. The van der Waals surface area contributed by atoms with Crippen LogP contribution in [0.25, 0.3) is 6.08 Å². The van der Waals surface area contributed by atoms with E-state index in [4.69, 9.17) is 0 Å². The Kier molecular flexibility index (Phi) is 4.10. The van der Waals surface area contributed by atoms with Gasteiger partial charge in [0.15, 0.2) is 0 Å². The molecule has 18 heavy (non-hydrogen) atoms. The van der Waals surface area contributed by atoms with E-state index in [0.29, 0.717) is 18.2 Å². The number of amides is 1. The molecule has 1 aliphatic rings. The molecular weight excluding hydrogens is 231 g/mol. The highest BCUT2D eigenvalue weighted by Crippen LogP contribution is 2.07. The molecule has 1 unspecified atom stereocenters. The van der Waals surface area contributed by atoms with Crippen LogP contribution in [0.4, 0.5) is 4.39 Å². The average molecular weight is 248 g/mol. The SMILES string of the molecule is CC1CN(C(=O)C=Cc2cccc(F)c2)CCN1. The topological polar surface area (TPSA) is 32.3 Å². The molecule has 1 amide bonds. The van der Waals surface area contributed by atoms with E-state index in [1.54, 1.807) is 23.1 Å². The number of hydrogen-bond donors (Lipinski definition) is 1. The zero-order valence-corrected chi connectivity index (χ0v) is 10.4. The minimum Gasteiger partial charge on any atom is -0.336 e. The molecular formula is C14H17FN2O. The number of carbonyl (C=O) groups is 1. The molecule has 0 aromatic heterocycles. The second-order valence-electron chi connectivity index (χ2n) is 4.53. The summed E-state index contributed by atoms with van der Waals surface area (Å²) in [5.41, 5.74) is 0.700. The fourth-order valence-corrected chi connectivity index (χ4v) is 2.02. The minimum atomic E-state index is -0.291. The second-order valence-corrected chi connectivity index (χ2v) is 4.53. The quantitative estimate of drug-likeness (QED) is 0.807. The predicted octanol–water partition coefficient (Wildman–Crippen LogP) is 1.66. The summed E-state index contributed by atoms with van der Waals surface area (Å²) < 4.78 is 13.0. The summed E-state index contributed by atoms with van der Waals surface area (Å²) in [6.07, 6.45) is 3.16. The van der Waals surface area contributed by atoms with E-state index in [1.807, 2.05) is 0 Å². The van der Waals surface area contributed by atoms with Crippen LogP contribution < -0.4 is 5.32 Å². The lowest BCUT2D eigenvalue weighted by Gasteiger charge is -2.31. The zero-order valence-electron chi connectivity index (χ0n) is 10.4. The standard InChI is InChI=1S/C14H17FN2O/c1-11-10-17(8-7-16-11)14(18)6-5-12-3-2-4-13(15)9-12/h2-6,9,11,16H,7-8,10H2,1H3. The first-order valence-corrected chi connectivity index (χ1v) is 6.11. The summed E-state index contributed by atoms with van der Waals surface area (Å²) >= 11 is 0. The number of halogens is 1. The highest BCUT2D eigenvalue weighted by atomic mass is 19.1.